The van der Waals surface area contributed by atoms with Gasteiger partial charge < -0.3 is 15.3 Å². The highest BCUT2D eigenvalue weighted by molar-refractivity contribution is 4.78. The van der Waals surface area contributed by atoms with Gasteiger partial charge in [-0.25, -0.2) is 0 Å². The van der Waals surface area contributed by atoms with Crippen molar-refractivity contribution in [3.05, 3.63) is 0 Å². The van der Waals surface area contributed by atoms with E-state index in [1.807, 2.05) is 0 Å². The maximum Gasteiger partial charge on any atom is 0.0791 e. The van der Waals surface area contributed by atoms with Crippen molar-refractivity contribution in [2.75, 3.05) is 32.7 Å². The van der Waals surface area contributed by atoms with Crippen LogP contribution in [0.5, 0.6) is 0 Å². The average Bonchev–Trinajstić information content (AvgIpc) is 3.01. The molecule has 0 aromatic heterocycles. The van der Waals surface area contributed by atoms with Crippen molar-refractivity contribution < 1.29 is 5.11 Å². The molecule has 1 saturated carbocycles. The molecule has 0 spiro atoms. The molecule has 0 bridgehead atoms. The Morgan fingerprint density at radius 1 is 1.29 bits per heavy atom. The standard InChI is InChI=1S/C14H30N2O/c1-4-7-16(10-13-5-6-13)11-14(17)9-15-8-12(2)3/h12-15,17H,4-11H2,1-3H3. The van der Waals surface area contributed by atoms with E-state index in [1.165, 1.54) is 25.8 Å². The Labute approximate surface area is 107 Å². The molecule has 1 rings (SSSR count). The largest absolute Gasteiger partial charge is 0.390 e. The lowest BCUT2D eigenvalue weighted by atomic mass is 10.2. The van der Waals surface area contributed by atoms with E-state index in [-0.39, 0.29) is 6.10 Å². The minimum Gasteiger partial charge on any atom is -0.390 e. The van der Waals surface area contributed by atoms with Crippen LogP contribution >= 0.6 is 0 Å². The molecule has 1 atom stereocenters. The van der Waals surface area contributed by atoms with E-state index < -0.39 is 0 Å². The van der Waals surface area contributed by atoms with Crippen molar-refractivity contribution in [3.63, 3.8) is 0 Å². The maximum absolute atomic E-state index is 9.99. The number of nitrogens with one attached hydrogen (secondary N) is 1. The van der Waals surface area contributed by atoms with Gasteiger partial charge >= 0.3 is 0 Å². The van der Waals surface area contributed by atoms with E-state index in [1.54, 1.807) is 0 Å². The number of aliphatic hydroxyl groups is 1. The molecule has 0 aromatic rings. The van der Waals surface area contributed by atoms with Crippen molar-refractivity contribution in [2.45, 2.75) is 46.1 Å². The first-order valence-electron chi connectivity index (χ1n) is 7.23. The van der Waals surface area contributed by atoms with Crippen LogP contribution in [0.4, 0.5) is 0 Å². The monoisotopic (exact) mass is 242 g/mol. The molecule has 0 heterocycles. The summed E-state index contributed by atoms with van der Waals surface area (Å²) in [6, 6.07) is 0. The molecule has 1 fully saturated rings. The SMILES string of the molecule is CCCN(CC(O)CNCC(C)C)CC1CC1. The third-order valence-corrected chi connectivity index (χ3v) is 3.15. The molecule has 1 aliphatic rings. The fourth-order valence-corrected chi connectivity index (χ4v) is 2.14. The highest BCUT2D eigenvalue weighted by atomic mass is 16.3. The summed E-state index contributed by atoms with van der Waals surface area (Å²) in [5, 5.41) is 13.3. The summed E-state index contributed by atoms with van der Waals surface area (Å²) < 4.78 is 0. The summed E-state index contributed by atoms with van der Waals surface area (Å²) in [4.78, 5) is 2.43. The molecular weight excluding hydrogens is 212 g/mol. The molecule has 0 aliphatic heterocycles. The zero-order valence-electron chi connectivity index (χ0n) is 11.8. The number of aliphatic hydroxyl groups excluding tert-OH is 1. The predicted octanol–water partition coefficient (Wildman–Crippen LogP) is 1.71. The van der Waals surface area contributed by atoms with Crippen molar-refractivity contribution in [1.82, 2.24) is 10.2 Å². The fraction of sp³-hybridized carbons (Fsp3) is 1.00. The van der Waals surface area contributed by atoms with Gasteiger partial charge in [-0.3, -0.25) is 0 Å². The van der Waals surface area contributed by atoms with Crippen LogP contribution in [0.25, 0.3) is 0 Å². The van der Waals surface area contributed by atoms with Crippen LogP contribution in [0.1, 0.15) is 40.0 Å². The summed E-state index contributed by atoms with van der Waals surface area (Å²) in [5.74, 6) is 1.57. The Bertz CT molecular complexity index is 193. The highest BCUT2D eigenvalue weighted by Gasteiger charge is 2.24. The topological polar surface area (TPSA) is 35.5 Å². The summed E-state index contributed by atoms with van der Waals surface area (Å²) in [5.41, 5.74) is 0. The molecule has 1 unspecified atom stereocenters. The van der Waals surface area contributed by atoms with Gasteiger partial charge in [-0.05, 0) is 44.2 Å². The van der Waals surface area contributed by atoms with Crippen LogP contribution in [0.2, 0.25) is 0 Å². The third kappa shape index (κ3) is 7.74. The van der Waals surface area contributed by atoms with Crippen LogP contribution in [0.15, 0.2) is 0 Å². The first-order chi connectivity index (χ1) is 8.11. The van der Waals surface area contributed by atoms with Gasteiger partial charge in [-0.2, -0.15) is 0 Å². The van der Waals surface area contributed by atoms with E-state index in [4.69, 9.17) is 0 Å². The molecule has 102 valence electrons. The molecule has 3 heteroatoms. The van der Waals surface area contributed by atoms with Crippen molar-refractivity contribution in [2.24, 2.45) is 11.8 Å². The lowest BCUT2D eigenvalue weighted by Crippen LogP contribution is -2.40. The van der Waals surface area contributed by atoms with Gasteiger partial charge in [0.25, 0.3) is 0 Å². The molecule has 0 aromatic carbocycles. The van der Waals surface area contributed by atoms with E-state index in [9.17, 15) is 5.11 Å². The second-order valence-electron chi connectivity index (χ2n) is 5.91. The minimum absolute atomic E-state index is 0.223. The van der Waals surface area contributed by atoms with Gasteiger partial charge in [0.05, 0.1) is 6.10 Å². The normalized spacial score (nSPS) is 18.0. The Morgan fingerprint density at radius 3 is 2.53 bits per heavy atom. The molecule has 0 amide bonds. The number of hydrogen-bond donors (Lipinski definition) is 2. The number of rotatable bonds is 10. The summed E-state index contributed by atoms with van der Waals surface area (Å²) in [7, 11) is 0. The minimum atomic E-state index is -0.223. The van der Waals surface area contributed by atoms with E-state index in [0.717, 1.165) is 32.1 Å². The van der Waals surface area contributed by atoms with Crippen LogP contribution < -0.4 is 5.32 Å². The van der Waals surface area contributed by atoms with Crippen molar-refractivity contribution >= 4 is 0 Å². The van der Waals surface area contributed by atoms with Crippen LogP contribution in [-0.2, 0) is 0 Å². The Balaban J connectivity index is 2.12. The lowest BCUT2D eigenvalue weighted by Gasteiger charge is -2.25. The highest BCUT2D eigenvalue weighted by Crippen LogP contribution is 2.29. The average molecular weight is 242 g/mol. The van der Waals surface area contributed by atoms with E-state index in [2.05, 4.69) is 31.0 Å². The fourth-order valence-electron chi connectivity index (χ4n) is 2.14. The van der Waals surface area contributed by atoms with Crippen LogP contribution in [-0.4, -0.2) is 48.8 Å². The van der Waals surface area contributed by atoms with E-state index >= 15 is 0 Å². The molecule has 1 aliphatic carbocycles. The molecule has 17 heavy (non-hydrogen) atoms. The maximum atomic E-state index is 9.99. The van der Waals surface area contributed by atoms with Gasteiger partial charge in [0, 0.05) is 19.6 Å². The Kier molecular flexibility index (Phi) is 7.09. The Morgan fingerprint density at radius 2 is 2.00 bits per heavy atom. The molecule has 3 nitrogen and oxygen atoms in total. The third-order valence-electron chi connectivity index (χ3n) is 3.15. The van der Waals surface area contributed by atoms with Gasteiger partial charge in [0.15, 0.2) is 0 Å². The van der Waals surface area contributed by atoms with Gasteiger partial charge in [0.1, 0.15) is 0 Å². The molecular formula is C14H30N2O. The lowest BCUT2D eigenvalue weighted by molar-refractivity contribution is 0.108. The van der Waals surface area contributed by atoms with E-state index in [0.29, 0.717) is 5.92 Å². The predicted molar refractivity (Wildman–Crippen MR) is 73.2 cm³/mol. The number of hydrogen-bond acceptors (Lipinski definition) is 3. The van der Waals surface area contributed by atoms with Gasteiger partial charge in [0.2, 0.25) is 0 Å². The van der Waals surface area contributed by atoms with Gasteiger partial charge in [-0.15, -0.1) is 0 Å². The summed E-state index contributed by atoms with van der Waals surface area (Å²) in [6.07, 6.45) is 3.74. The second-order valence-corrected chi connectivity index (χ2v) is 5.91. The Hall–Kier alpha value is -0.120. The first-order valence-corrected chi connectivity index (χ1v) is 7.23. The first kappa shape index (κ1) is 14.9. The second kappa shape index (κ2) is 8.06. The smallest absolute Gasteiger partial charge is 0.0791 e. The quantitative estimate of drug-likeness (QED) is 0.612. The molecule has 2 N–H and O–H groups in total. The molecule has 0 radical (unpaired) electrons. The van der Waals surface area contributed by atoms with Gasteiger partial charge in [-0.1, -0.05) is 20.8 Å². The van der Waals surface area contributed by atoms with Crippen LogP contribution in [0.3, 0.4) is 0 Å². The number of nitrogens with zero attached hydrogens (tertiary/aromatic N) is 1. The summed E-state index contributed by atoms with van der Waals surface area (Å²) in [6.45, 7) is 11.5. The molecule has 0 saturated heterocycles. The van der Waals surface area contributed by atoms with Crippen molar-refractivity contribution in [1.29, 1.82) is 0 Å². The zero-order chi connectivity index (χ0) is 12.7. The van der Waals surface area contributed by atoms with Crippen molar-refractivity contribution in [3.8, 4) is 0 Å². The zero-order valence-corrected chi connectivity index (χ0v) is 11.8. The summed E-state index contributed by atoms with van der Waals surface area (Å²) >= 11 is 0. The van der Waals surface area contributed by atoms with Crippen LogP contribution in [0, 0.1) is 11.8 Å².